The molecule has 0 bridgehead atoms. The quantitative estimate of drug-likeness (QED) is 0.556. The van der Waals surface area contributed by atoms with Crippen LogP contribution in [-0.2, 0) is 0 Å². The SMILES string of the molecule is C=C(/C=C(\N)NCC1(CC)CCC1)N1C=C(C)C=C(C(N)C(C)(F)F)C1=C. The van der Waals surface area contributed by atoms with Crippen LogP contribution in [-0.4, -0.2) is 23.4 Å². The van der Waals surface area contributed by atoms with Gasteiger partial charge < -0.3 is 21.7 Å². The molecule has 0 saturated heterocycles. The van der Waals surface area contributed by atoms with E-state index in [1.807, 2.05) is 6.92 Å². The van der Waals surface area contributed by atoms with Crippen LogP contribution < -0.4 is 16.8 Å². The van der Waals surface area contributed by atoms with Crippen molar-refractivity contribution in [2.75, 3.05) is 6.54 Å². The van der Waals surface area contributed by atoms with Crippen molar-refractivity contribution in [1.29, 1.82) is 0 Å². The van der Waals surface area contributed by atoms with Gasteiger partial charge in [-0.3, -0.25) is 0 Å². The summed E-state index contributed by atoms with van der Waals surface area (Å²) in [6.07, 6.45) is 9.95. The minimum absolute atomic E-state index is 0.294. The van der Waals surface area contributed by atoms with Crippen LogP contribution in [0.1, 0.15) is 46.5 Å². The fourth-order valence-electron chi connectivity index (χ4n) is 3.51. The van der Waals surface area contributed by atoms with E-state index >= 15 is 0 Å². The van der Waals surface area contributed by atoms with E-state index in [4.69, 9.17) is 11.5 Å². The molecule has 0 aromatic carbocycles. The van der Waals surface area contributed by atoms with Crippen molar-refractivity contribution in [3.05, 3.63) is 59.9 Å². The number of nitrogens with one attached hydrogen (secondary N) is 1. The molecule has 1 fully saturated rings. The molecular weight excluding hydrogens is 346 g/mol. The first kappa shape index (κ1) is 21.2. The molecule has 0 spiro atoms. The van der Waals surface area contributed by atoms with Gasteiger partial charge in [0.2, 0.25) is 0 Å². The number of hydrogen-bond acceptors (Lipinski definition) is 4. The molecule has 0 amide bonds. The molecule has 5 N–H and O–H groups in total. The number of hydrogen-bond donors (Lipinski definition) is 3. The number of allylic oxidation sites excluding steroid dienone is 3. The second-order valence-corrected chi connectivity index (χ2v) is 7.88. The molecule has 27 heavy (non-hydrogen) atoms. The van der Waals surface area contributed by atoms with Gasteiger partial charge in [-0.15, -0.1) is 0 Å². The molecule has 6 heteroatoms. The van der Waals surface area contributed by atoms with Crippen LogP contribution in [0, 0.1) is 5.41 Å². The zero-order valence-electron chi connectivity index (χ0n) is 16.6. The van der Waals surface area contributed by atoms with Crippen molar-refractivity contribution in [3.63, 3.8) is 0 Å². The summed E-state index contributed by atoms with van der Waals surface area (Å²) >= 11 is 0. The lowest BCUT2D eigenvalue weighted by Gasteiger charge is -2.41. The van der Waals surface area contributed by atoms with Gasteiger partial charge in [-0.05, 0) is 42.7 Å². The lowest BCUT2D eigenvalue weighted by Crippen LogP contribution is -2.42. The number of nitrogens with two attached hydrogens (primary N) is 2. The molecule has 0 radical (unpaired) electrons. The van der Waals surface area contributed by atoms with Crippen LogP contribution in [0.5, 0.6) is 0 Å². The summed E-state index contributed by atoms with van der Waals surface area (Å²) in [6, 6.07) is -1.44. The first-order valence-electron chi connectivity index (χ1n) is 9.41. The van der Waals surface area contributed by atoms with Crippen molar-refractivity contribution in [1.82, 2.24) is 10.2 Å². The molecule has 1 aliphatic carbocycles. The number of halogens is 2. The molecule has 1 aliphatic heterocycles. The summed E-state index contributed by atoms with van der Waals surface area (Å²) < 4.78 is 27.4. The molecule has 2 aliphatic rings. The average Bonchev–Trinajstić information content (AvgIpc) is 2.54. The van der Waals surface area contributed by atoms with Gasteiger partial charge in [0.25, 0.3) is 5.92 Å². The van der Waals surface area contributed by atoms with Crippen LogP contribution in [0.4, 0.5) is 8.78 Å². The highest BCUT2D eigenvalue weighted by Gasteiger charge is 2.37. The second-order valence-electron chi connectivity index (χ2n) is 7.88. The zero-order valence-corrected chi connectivity index (χ0v) is 16.6. The van der Waals surface area contributed by atoms with E-state index in [2.05, 4.69) is 25.4 Å². The van der Waals surface area contributed by atoms with Crippen LogP contribution in [0.2, 0.25) is 0 Å². The van der Waals surface area contributed by atoms with Crippen LogP contribution in [0.15, 0.2) is 59.9 Å². The Kier molecular flexibility index (Phi) is 6.20. The Morgan fingerprint density at radius 2 is 2.11 bits per heavy atom. The summed E-state index contributed by atoms with van der Waals surface area (Å²) in [6.45, 7) is 13.6. The second kappa shape index (κ2) is 7.89. The number of alkyl halides is 2. The third-order valence-electron chi connectivity index (χ3n) is 5.68. The minimum atomic E-state index is -3.05. The van der Waals surface area contributed by atoms with E-state index in [9.17, 15) is 8.78 Å². The molecule has 1 unspecified atom stereocenters. The molecule has 4 nitrogen and oxygen atoms in total. The van der Waals surface area contributed by atoms with Gasteiger partial charge >= 0.3 is 0 Å². The molecule has 1 saturated carbocycles. The summed E-state index contributed by atoms with van der Waals surface area (Å²) in [5.74, 6) is -2.55. The molecule has 1 atom stereocenters. The van der Waals surface area contributed by atoms with Crippen LogP contribution in [0.3, 0.4) is 0 Å². The minimum Gasteiger partial charge on any atom is -0.385 e. The van der Waals surface area contributed by atoms with E-state index in [1.165, 1.54) is 19.3 Å². The topological polar surface area (TPSA) is 67.3 Å². The molecule has 0 aromatic heterocycles. The van der Waals surface area contributed by atoms with Crippen molar-refractivity contribution in [3.8, 4) is 0 Å². The predicted molar refractivity (Wildman–Crippen MR) is 107 cm³/mol. The van der Waals surface area contributed by atoms with Crippen molar-refractivity contribution < 1.29 is 8.78 Å². The van der Waals surface area contributed by atoms with E-state index in [0.717, 1.165) is 25.5 Å². The van der Waals surface area contributed by atoms with Crippen molar-refractivity contribution in [2.24, 2.45) is 16.9 Å². The third-order valence-corrected chi connectivity index (χ3v) is 5.68. The Morgan fingerprint density at radius 3 is 2.59 bits per heavy atom. The Balaban J connectivity index is 2.09. The van der Waals surface area contributed by atoms with Gasteiger partial charge in [0.1, 0.15) is 0 Å². The Labute approximate surface area is 161 Å². The van der Waals surface area contributed by atoms with Gasteiger partial charge in [-0.25, -0.2) is 8.78 Å². The highest BCUT2D eigenvalue weighted by molar-refractivity contribution is 5.47. The normalized spacial score (nSPS) is 21.2. The van der Waals surface area contributed by atoms with E-state index in [0.29, 0.717) is 28.2 Å². The smallest absolute Gasteiger partial charge is 0.264 e. The summed E-state index contributed by atoms with van der Waals surface area (Å²) in [5, 5.41) is 3.27. The summed E-state index contributed by atoms with van der Waals surface area (Å²) in [5.41, 5.74) is 14.2. The maximum Gasteiger partial charge on any atom is 0.264 e. The first-order chi connectivity index (χ1) is 12.5. The maximum atomic E-state index is 13.7. The van der Waals surface area contributed by atoms with Gasteiger partial charge in [-0.1, -0.05) is 32.6 Å². The summed E-state index contributed by atoms with van der Waals surface area (Å²) in [4.78, 5) is 1.66. The molecule has 0 aromatic rings. The lowest BCUT2D eigenvalue weighted by atomic mass is 9.67. The maximum absolute atomic E-state index is 13.7. The predicted octanol–water partition coefficient (Wildman–Crippen LogP) is 4.11. The number of rotatable bonds is 8. The van der Waals surface area contributed by atoms with Crippen LogP contribution in [0.25, 0.3) is 0 Å². The molecular formula is C21H32F2N4. The Morgan fingerprint density at radius 1 is 1.48 bits per heavy atom. The Bertz CT molecular complexity index is 688. The van der Waals surface area contributed by atoms with Crippen molar-refractivity contribution >= 4 is 0 Å². The fourth-order valence-corrected chi connectivity index (χ4v) is 3.51. The standard InChI is InChI=1S/C21H32F2N4/c1-6-21(8-7-9-21)13-26-18(24)11-15(3)27-12-14(2)10-17(16(27)4)19(25)20(5,22)23/h10-12,19,26H,3-4,6-9,13,24-25H2,1-2,5H3/b18-11+. The lowest BCUT2D eigenvalue weighted by molar-refractivity contribution is 0.00581. The summed E-state index contributed by atoms with van der Waals surface area (Å²) in [7, 11) is 0. The highest BCUT2D eigenvalue weighted by atomic mass is 19.3. The van der Waals surface area contributed by atoms with E-state index < -0.39 is 12.0 Å². The highest BCUT2D eigenvalue weighted by Crippen LogP contribution is 2.43. The monoisotopic (exact) mass is 378 g/mol. The van der Waals surface area contributed by atoms with Gasteiger partial charge in [-0.2, -0.15) is 0 Å². The van der Waals surface area contributed by atoms with Gasteiger partial charge in [0.15, 0.2) is 0 Å². The van der Waals surface area contributed by atoms with Crippen molar-refractivity contribution in [2.45, 2.75) is 58.4 Å². The first-order valence-corrected chi connectivity index (χ1v) is 9.41. The molecule has 1 heterocycles. The Hall–Kier alpha value is -2.08. The molecule has 150 valence electrons. The third kappa shape index (κ3) is 4.80. The molecule has 2 rings (SSSR count). The fraction of sp³-hybridized carbons (Fsp3) is 0.524. The number of nitrogens with zero attached hydrogens (tertiary/aromatic N) is 1. The average molecular weight is 379 g/mol. The van der Waals surface area contributed by atoms with E-state index in [1.54, 1.807) is 23.3 Å². The zero-order chi connectivity index (χ0) is 20.4. The van der Waals surface area contributed by atoms with E-state index in [-0.39, 0.29) is 0 Å². The van der Waals surface area contributed by atoms with Gasteiger partial charge in [0, 0.05) is 37.1 Å². The largest absolute Gasteiger partial charge is 0.385 e. The van der Waals surface area contributed by atoms with Crippen LogP contribution >= 0.6 is 0 Å². The van der Waals surface area contributed by atoms with Gasteiger partial charge in [0.05, 0.1) is 11.9 Å².